The van der Waals surface area contributed by atoms with Crippen molar-refractivity contribution in [1.82, 2.24) is 9.80 Å². The predicted molar refractivity (Wildman–Crippen MR) is 340 cm³/mol. The van der Waals surface area contributed by atoms with Gasteiger partial charge in [-0.05, 0) is 83.3 Å². The molecular weight excluding hydrogens is 1040 g/mol. The predicted octanol–water partition coefficient (Wildman–Crippen LogP) is 22.6. The zero-order valence-electron chi connectivity index (χ0n) is 50.3. The zero-order valence-corrected chi connectivity index (χ0v) is 51.9. The molecule has 5 aromatic carbocycles. The number of carbonyl (C=O) groups excluding carboxylic acids is 4. The van der Waals surface area contributed by atoms with E-state index in [0.717, 1.165) is 98.9 Å². The van der Waals surface area contributed by atoms with Gasteiger partial charge >= 0.3 is 0 Å². The Morgan fingerprint density at radius 3 is 0.899 bits per heavy atom. The molecular formula is C72H105BrN2O4. The van der Waals surface area contributed by atoms with Gasteiger partial charge in [0, 0.05) is 61.4 Å². The summed E-state index contributed by atoms with van der Waals surface area (Å²) in [7, 11) is 0. The SMILES string of the molecule is CCCCCCCCCCCCC(CCCCCCCCCC)CN1C(=O)c2ccc3c4ccc5c6c(cc(Br)c(c7ccc(c2c37)C1=O)c64)C(=O)N(CC(CCCCCCCCCC)CCCCCCCCCCCC)C5=O. The summed E-state index contributed by atoms with van der Waals surface area (Å²) in [5.74, 6) is -0.214. The van der Waals surface area contributed by atoms with Crippen molar-refractivity contribution in [2.45, 2.75) is 285 Å². The Bertz CT molecular complexity index is 2670. The summed E-state index contributed by atoms with van der Waals surface area (Å²) in [6.07, 6.45) is 50.4. The molecule has 2 aliphatic heterocycles. The summed E-state index contributed by atoms with van der Waals surface area (Å²) in [5.41, 5.74) is 2.33. The van der Waals surface area contributed by atoms with Crippen molar-refractivity contribution in [3.8, 4) is 0 Å². The number of rotatable bonds is 44. The number of amides is 4. The molecule has 7 rings (SSSR count). The standard InChI is InChI=1S/C72H105BrN2O4/c1-5-9-13-17-21-25-27-31-35-39-42-54(41-37-33-29-23-19-15-11-7-3)52-74-69(76)59-48-45-56-57-46-49-61-66-62(51-63(73)67(68(57)66)58-47-50-60(70(74)77)65(59)64(56)58)72(79)75(71(61)78)53-55(43-38-34-30-24-20-16-12-8-4)44-40-36-32-28-26-22-18-14-10-6-2/h45-51,54-55H,5-44,52-53H2,1-4H3. The molecule has 7 heteroatoms. The van der Waals surface area contributed by atoms with Crippen molar-refractivity contribution in [1.29, 1.82) is 0 Å². The van der Waals surface area contributed by atoms with E-state index in [1.807, 2.05) is 24.3 Å². The molecule has 6 nitrogen and oxygen atoms in total. The van der Waals surface area contributed by atoms with E-state index >= 15 is 0 Å². The van der Waals surface area contributed by atoms with Crippen LogP contribution in [0.3, 0.4) is 0 Å². The van der Waals surface area contributed by atoms with Crippen molar-refractivity contribution < 1.29 is 19.2 Å². The molecule has 79 heavy (non-hydrogen) atoms. The summed E-state index contributed by atoms with van der Waals surface area (Å²) in [6.45, 7) is 10.0. The first kappa shape index (κ1) is 62.8. The van der Waals surface area contributed by atoms with E-state index in [1.165, 1.54) is 205 Å². The minimum Gasteiger partial charge on any atom is -0.274 e. The van der Waals surface area contributed by atoms with Crippen molar-refractivity contribution >= 4 is 82.6 Å². The smallest absolute Gasteiger partial charge is 0.261 e. The normalized spacial score (nSPS) is 14.4. The number of fused-ring (bicyclic) bond motifs is 2. The van der Waals surface area contributed by atoms with Gasteiger partial charge in [-0.2, -0.15) is 0 Å². The van der Waals surface area contributed by atoms with E-state index in [4.69, 9.17) is 0 Å². The fraction of sp³-hybridized carbons (Fsp3) is 0.667. The average Bonchev–Trinajstić information content (AvgIpc) is 2.95. The minimum atomic E-state index is -0.202. The first-order valence-electron chi connectivity index (χ1n) is 33.4. The number of unbranched alkanes of at least 4 members (excludes halogenated alkanes) is 32. The fourth-order valence-corrected chi connectivity index (χ4v) is 14.5. The van der Waals surface area contributed by atoms with Crippen LogP contribution in [0.4, 0.5) is 0 Å². The first-order valence-corrected chi connectivity index (χ1v) is 34.2. The van der Waals surface area contributed by atoms with E-state index in [0.29, 0.717) is 35.3 Å². The molecule has 2 unspecified atom stereocenters. The van der Waals surface area contributed by atoms with E-state index in [1.54, 1.807) is 9.80 Å². The Labute approximate surface area is 487 Å². The van der Waals surface area contributed by atoms with E-state index < -0.39 is 0 Å². The number of hydrogen-bond donors (Lipinski definition) is 0. The van der Waals surface area contributed by atoms with Gasteiger partial charge in [-0.1, -0.05) is 293 Å². The van der Waals surface area contributed by atoms with Crippen LogP contribution in [0.15, 0.2) is 46.9 Å². The highest BCUT2D eigenvalue weighted by atomic mass is 79.9. The first-order chi connectivity index (χ1) is 38.7. The van der Waals surface area contributed by atoms with Gasteiger partial charge in [0.05, 0.1) is 0 Å². The fourth-order valence-electron chi connectivity index (χ4n) is 13.9. The second kappa shape index (κ2) is 33.9. The second-order valence-electron chi connectivity index (χ2n) is 24.9. The molecule has 434 valence electrons. The van der Waals surface area contributed by atoms with Crippen LogP contribution >= 0.6 is 15.9 Å². The molecule has 2 heterocycles. The Balaban J connectivity index is 1.08. The maximum Gasteiger partial charge on any atom is 0.261 e. The Hall–Kier alpha value is -3.84. The zero-order chi connectivity index (χ0) is 55.8. The number of benzene rings is 5. The molecule has 0 aliphatic carbocycles. The molecule has 0 saturated carbocycles. The van der Waals surface area contributed by atoms with Crippen LogP contribution in [0.5, 0.6) is 0 Å². The summed E-state index contributed by atoms with van der Waals surface area (Å²) < 4.78 is 0.786. The summed E-state index contributed by atoms with van der Waals surface area (Å²) >= 11 is 3.98. The average molecular weight is 1140 g/mol. The number of carbonyl (C=O) groups is 4. The van der Waals surface area contributed by atoms with Crippen LogP contribution < -0.4 is 0 Å². The van der Waals surface area contributed by atoms with Crippen LogP contribution in [0.1, 0.15) is 326 Å². The van der Waals surface area contributed by atoms with Gasteiger partial charge in [0.15, 0.2) is 0 Å². The lowest BCUT2D eigenvalue weighted by Gasteiger charge is -2.33. The van der Waals surface area contributed by atoms with Gasteiger partial charge in [0.2, 0.25) is 0 Å². The van der Waals surface area contributed by atoms with E-state index in [2.05, 4.69) is 61.8 Å². The molecule has 5 aromatic rings. The van der Waals surface area contributed by atoms with Crippen LogP contribution in [0, 0.1) is 11.8 Å². The molecule has 0 radical (unpaired) electrons. The summed E-state index contributed by atoms with van der Waals surface area (Å²) in [5, 5.41) is 6.95. The Morgan fingerprint density at radius 2 is 0.570 bits per heavy atom. The lowest BCUT2D eigenvalue weighted by atomic mass is 9.82. The van der Waals surface area contributed by atoms with Crippen molar-refractivity contribution in [3.63, 3.8) is 0 Å². The van der Waals surface area contributed by atoms with Gasteiger partial charge < -0.3 is 0 Å². The number of nitrogens with zero attached hydrogens (tertiary/aromatic N) is 2. The van der Waals surface area contributed by atoms with Gasteiger partial charge in [-0.3, -0.25) is 29.0 Å². The maximum absolute atomic E-state index is 14.9. The Morgan fingerprint density at radius 1 is 0.304 bits per heavy atom. The molecule has 0 aromatic heterocycles. The van der Waals surface area contributed by atoms with E-state index in [-0.39, 0.29) is 35.5 Å². The highest BCUT2D eigenvalue weighted by Crippen LogP contribution is 2.49. The van der Waals surface area contributed by atoms with Crippen LogP contribution in [-0.4, -0.2) is 46.5 Å². The van der Waals surface area contributed by atoms with Gasteiger partial charge in [0.1, 0.15) is 0 Å². The number of halogens is 1. The summed E-state index contributed by atoms with van der Waals surface area (Å²) in [4.78, 5) is 62.6. The molecule has 0 saturated heterocycles. The van der Waals surface area contributed by atoms with Crippen LogP contribution in [0.25, 0.3) is 43.1 Å². The lowest BCUT2D eigenvalue weighted by molar-refractivity contribution is 0.0562. The van der Waals surface area contributed by atoms with Crippen molar-refractivity contribution in [3.05, 3.63) is 69.2 Å². The van der Waals surface area contributed by atoms with E-state index in [9.17, 15) is 19.2 Å². The van der Waals surface area contributed by atoms with Gasteiger partial charge in [0.25, 0.3) is 23.6 Å². The number of hydrogen-bond acceptors (Lipinski definition) is 4. The second-order valence-corrected chi connectivity index (χ2v) is 25.8. The highest BCUT2D eigenvalue weighted by Gasteiger charge is 2.39. The molecule has 4 amide bonds. The third-order valence-electron chi connectivity index (χ3n) is 18.6. The lowest BCUT2D eigenvalue weighted by Crippen LogP contribution is -2.43. The highest BCUT2D eigenvalue weighted by molar-refractivity contribution is 9.10. The molecule has 0 N–H and O–H groups in total. The van der Waals surface area contributed by atoms with Crippen LogP contribution in [-0.2, 0) is 0 Å². The minimum absolute atomic E-state index is 0.189. The molecule has 2 atom stereocenters. The third kappa shape index (κ3) is 16.9. The molecule has 0 bridgehead atoms. The molecule has 0 spiro atoms. The third-order valence-corrected chi connectivity index (χ3v) is 19.2. The quantitative estimate of drug-likeness (QED) is 0.0169. The maximum atomic E-state index is 14.9. The van der Waals surface area contributed by atoms with Crippen LogP contribution in [0.2, 0.25) is 0 Å². The Kier molecular flexibility index (Phi) is 27.0. The summed E-state index contributed by atoms with van der Waals surface area (Å²) in [6, 6.07) is 13.9. The van der Waals surface area contributed by atoms with Gasteiger partial charge in [-0.15, -0.1) is 0 Å². The monoisotopic (exact) mass is 1140 g/mol. The van der Waals surface area contributed by atoms with Crippen molar-refractivity contribution in [2.24, 2.45) is 11.8 Å². The van der Waals surface area contributed by atoms with Gasteiger partial charge in [-0.25, -0.2) is 0 Å². The molecule has 2 aliphatic rings. The number of imide groups is 2. The largest absolute Gasteiger partial charge is 0.274 e. The molecule has 0 fully saturated rings. The topological polar surface area (TPSA) is 74.8 Å². The van der Waals surface area contributed by atoms with Crippen molar-refractivity contribution in [2.75, 3.05) is 13.1 Å².